The highest BCUT2D eigenvalue weighted by molar-refractivity contribution is 7.88. The largest absolute Gasteiger partial charge is 0.293 e. The lowest BCUT2D eigenvalue weighted by Crippen LogP contribution is -2.52. The van der Waals surface area contributed by atoms with Crippen LogP contribution in [0.2, 0.25) is 0 Å². The quantitative estimate of drug-likeness (QED) is 0.348. The van der Waals surface area contributed by atoms with Gasteiger partial charge in [0.2, 0.25) is 10.0 Å². The first-order valence-corrected chi connectivity index (χ1v) is 6.29. The molecule has 82 valence electrons. The highest BCUT2D eigenvalue weighted by Crippen LogP contribution is 2.19. The maximum atomic E-state index is 11.3. The Bertz CT molecular complexity index is 314. The summed E-state index contributed by atoms with van der Waals surface area (Å²) in [4.78, 5) is 11.3. The lowest BCUT2D eigenvalue weighted by atomic mass is 10.0. The fourth-order valence-electron chi connectivity index (χ4n) is 1.66. The number of carbonyl (C=O) groups is 1. The molecular weight excluding hydrogens is 206 g/mol. The number of rotatable bonds is 2. The highest BCUT2D eigenvalue weighted by atomic mass is 32.2. The van der Waals surface area contributed by atoms with Gasteiger partial charge in [0.15, 0.2) is 0 Å². The Morgan fingerprint density at radius 2 is 2.14 bits per heavy atom. The molecule has 0 aromatic heterocycles. The summed E-state index contributed by atoms with van der Waals surface area (Å²) in [5.74, 6) is 4.55. The van der Waals surface area contributed by atoms with Gasteiger partial charge in [-0.25, -0.2) is 14.3 Å². The predicted octanol–water partition coefficient (Wildman–Crippen LogP) is -1.21. The summed E-state index contributed by atoms with van der Waals surface area (Å²) < 4.78 is 23.9. The Morgan fingerprint density at radius 3 is 2.64 bits per heavy atom. The van der Waals surface area contributed by atoms with Crippen LogP contribution >= 0.6 is 0 Å². The molecule has 1 heterocycles. The van der Waals surface area contributed by atoms with E-state index in [1.807, 2.05) is 5.43 Å². The molecule has 0 aromatic carbocycles. The summed E-state index contributed by atoms with van der Waals surface area (Å²) in [5.41, 5.74) is 1.99. The van der Waals surface area contributed by atoms with Crippen LogP contribution in [0, 0.1) is 0 Å². The van der Waals surface area contributed by atoms with Crippen molar-refractivity contribution in [1.29, 1.82) is 0 Å². The van der Waals surface area contributed by atoms with Gasteiger partial charge in [-0.1, -0.05) is 6.42 Å². The van der Waals surface area contributed by atoms with Crippen LogP contribution in [-0.4, -0.2) is 37.5 Å². The first-order chi connectivity index (χ1) is 6.46. The molecule has 1 rings (SSSR count). The third-order valence-electron chi connectivity index (χ3n) is 2.32. The molecule has 14 heavy (non-hydrogen) atoms. The van der Waals surface area contributed by atoms with Crippen molar-refractivity contribution in [3.8, 4) is 0 Å². The van der Waals surface area contributed by atoms with Gasteiger partial charge in [0.25, 0.3) is 5.91 Å². The minimum atomic E-state index is -3.31. The lowest BCUT2D eigenvalue weighted by Gasteiger charge is -2.31. The van der Waals surface area contributed by atoms with Crippen molar-refractivity contribution in [3.05, 3.63) is 0 Å². The van der Waals surface area contributed by atoms with Crippen molar-refractivity contribution < 1.29 is 13.2 Å². The van der Waals surface area contributed by atoms with E-state index in [-0.39, 0.29) is 0 Å². The number of nitrogens with two attached hydrogens (primary N) is 1. The number of sulfonamides is 1. The average Bonchev–Trinajstić information content (AvgIpc) is 2.15. The van der Waals surface area contributed by atoms with E-state index in [0.717, 1.165) is 19.1 Å². The number of hydrogen-bond acceptors (Lipinski definition) is 4. The van der Waals surface area contributed by atoms with Crippen molar-refractivity contribution in [2.75, 3.05) is 12.8 Å². The molecule has 1 saturated heterocycles. The van der Waals surface area contributed by atoms with Crippen molar-refractivity contribution in [1.82, 2.24) is 9.73 Å². The van der Waals surface area contributed by atoms with E-state index in [0.29, 0.717) is 13.0 Å². The second kappa shape index (κ2) is 4.24. The summed E-state index contributed by atoms with van der Waals surface area (Å²) in [6.07, 6.45) is 3.29. The van der Waals surface area contributed by atoms with Crippen LogP contribution in [0.3, 0.4) is 0 Å². The number of carbonyl (C=O) groups excluding carboxylic acids is 1. The number of nitrogens with zero attached hydrogens (tertiary/aromatic N) is 1. The van der Waals surface area contributed by atoms with E-state index >= 15 is 0 Å². The molecule has 0 saturated carbocycles. The summed E-state index contributed by atoms with van der Waals surface area (Å²) in [6, 6.07) is -0.635. The van der Waals surface area contributed by atoms with Crippen LogP contribution in [0.1, 0.15) is 19.3 Å². The van der Waals surface area contributed by atoms with Gasteiger partial charge in [0.05, 0.1) is 6.26 Å². The molecule has 1 atom stereocenters. The first kappa shape index (κ1) is 11.4. The van der Waals surface area contributed by atoms with Gasteiger partial charge < -0.3 is 0 Å². The second-order valence-electron chi connectivity index (χ2n) is 3.39. The van der Waals surface area contributed by atoms with E-state index in [2.05, 4.69) is 0 Å². The molecule has 1 fully saturated rings. The monoisotopic (exact) mass is 221 g/mol. The average molecular weight is 221 g/mol. The second-order valence-corrected chi connectivity index (χ2v) is 5.33. The summed E-state index contributed by atoms with van der Waals surface area (Å²) in [5, 5.41) is 0. The van der Waals surface area contributed by atoms with Gasteiger partial charge in [0, 0.05) is 6.54 Å². The zero-order valence-electron chi connectivity index (χ0n) is 8.06. The Morgan fingerprint density at radius 1 is 1.50 bits per heavy atom. The molecule has 0 bridgehead atoms. The fraction of sp³-hybridized carbons (Fsp3) is 0.857. The molecule has 1 aliphatic heterocycles. The fourth-order valence-corrected chi connectivity index (χ4v) is 2.78. The number of hydrogen-bond donors (Lipinski definition) is 2. The smallest absolute Gasteiger partial charge is 0.252 e. The molecule has 3 N–H and O–H groups in total. The Labute approximate surface area is 83.5 Å². The normalized spacial score (nSPS) is 24.6. The molecule has 0 radical (unpaired) electrons. The number of nitrogens with one attached hydrogen (secondary N) is 1. The van der Waals surface area contributed by atoms with Crippen LogP contribution < -0.4 is 11.3 Å². The van der Waals surface area contributed by atoms with E-state index in [9.17, 15) is 13.2 Å². The zero-order chi connectivity index (χ0) is 10.8. The summed E-state index contributed by atoms with van der Waals surface area (Å²) >= 11 is 0. The number of amides is 1. The SMILES string of the molecule is CS(=O)(=O)N1CCCCC1C(=O)NN. The van der Waals surface area contributed by atoms with E-state index in [1.165, 1.54) is 4.31 Å². The van der Waals surface area contributed by atoms with E-state index < -0.39 is 22.0 Å². The molecular formula is C7H15N3O3S. The van der Waals surface area contributed by atoms with Crippen molar-refractivity contribution in [2.45, 2.75) is 25.3 Å². The van der Waals surface area contributed by atoms with Gasteiger partial charge in [-0.05, 0) is 12.8 Å². The van der Waals surface area contributed by atoms with Crippen LogP contribution in [-0.2, 0) is 14.8 Å². The number of piperidine rings is 1. The van der Waals surface area contributed by atoms with Crippen molar-refractivity contribution in [2.24, 2.45) is 5.84 Å². The van der Waals surface area contributed by atoms with Gasteiger partial charge in [-0.3, -0.25) is 10.2 Å². The molecule has 1 unspecified atom stereocenters. The highest BCUT2D eigenvalue weighted by Gasteiger charge is 2.33. The molecule has 6 nitrogen and oxygen atoms in total. The van der Waals surface area contributed by atoms with Crippen LogP contribution in [0.4, 0.5) is 0 Å². The third kappa shape index (κ3) is 2.43. The maximum absolute atomic E-state index is 11.3. The minimum Gasteiger partial charge on any atom is -0.293 e. The Hall–Kier alpha value is -0.660. The van der Waals surface area contributed by atoms with E-state index in [1.54, 1.807) is 0 Å². The molecule has 0 aliphatic carbocycles. The van der Waals surface area contributed by atoms with Crippen LogP contribution in [0.25, 0.3) is 0 Å². The third-order valence-corrected chi connectivity index (χ3v) is 3.61. The van der Waals surface area contributed by atoms with Gasteiger partial charge >= 0.3 is 0 Å². The Balaban J connectivity index is 2.85. The maximum Gasteiger partial charge on any atom is 0.252 e. The van der Waals surface area contributed by atoms with Gasteiger partial charge in [0.1, 0.15) is 6.04 Å². The lowest BCUT2D eigenvalue weighted by molar-refractivity contribution is -0.125. The number of hydrazine groups is 1. The molecule has 7 heteroatoms. The van der Waals surface area contributed by atoms with Gasteiger partial charge in [-0.2, -0.15) is 4.31 Å². The Kier molecular flexibility index (Phi) is 3.46. The molecule has 0 spiro atoms. The van der Waals surface area contributed by atoms with Crippen LogP contribution in [0.5, 0.6) is 0 Å². The van der Waals surface area contributed by atoms with Crippen LogP contribution in [0.15, 0.2) is 0 Å². The zero-order valence-corrected chi connectivity index (χ0v) is 8.88. The summed E-state index contributed by atoms with van der Waals surface area (Å²) in [7, 11) is -3.31. The van der Waals surface area contributed by atoms with Gasteiger partial charge in [-0.15, -0.1) is 0 Å². The first-order valence-electron chi connectivity index (χ1n) is 4.44. The molecule has 0 aromatic rings. The molecule has 1 aliphatic rings. The minimum absolute atomic E-state index is 0.400. The topological polar surface area (TPSA) is 92.5 Å². The predicted molar refractivity (Wildman–Crippen MR) is 51.5 cm³/mol. The summed E-state index contributed by atoms with van der Waals surface area (Å²) in [6.45, 7) is 0.400. The van der Waals surface area contributed by atoms with Crippen molar-refractivity contribution >= 4 is 15.9 Å². The van der Waals surface area contributed by atoms with Crippen molar-refractivity contribution in [3.63, 3.8) is 0 Å². The molecule has 1 amide bonds. The van der Waals surface area contributed by atoms with E-state index in [4.69, 9.17) is 5.84 Å². The standard InChI is InChI=1S/C7H15N3O3S/c1-14(12,13)10-5-3-2-4-6(10)7(11)9-8/h6H,2-5,8H2,1H3,(H,9,11).